The van der Waals surface area contributed by atoms with Crippen molar-refractivity contribution in [3.8, 4) is 0 Å². The third kappa shape index (κ3) is 5.19. The van der Waals surface area contributed by atoms with Gasteiger partial charge in [0.1, 0.15) is 0 Å². The van der Waals surface area contributed by atoms with Crippen LogP contribution in [0.25, 0.3) is 0 Å². The number of aryl methyl sites for hydroxylation is 1. The molecule has 0 atom stereocenters. The lowest BCUT2D eigenvalue weighted by atomic mass is 10.3. The lowest BCUT2D eigenvalue weighted by Crippen LogP contribution is -2.54. The van der Waals surface area contributed by atoms with Gasteiger partial charge in [0, 0.05) is 45.3 Å². The summed E-state index contributed by atoms with van der Waals surface area (Å²) in [6.07, 6.45) is 3.13. The Balaban J connectivity index is 1.41. The minimum atomic E-state index is 0.149. The van der Waals surface area contributed by atoms with Crippen molar-refractivity contribution in [3.63, 3.8) is 0 Å². The maximum absolute atomic E-state index is 11.9. The van der Waals surface area contributed by atoms with Gasteiger partial charge in [-0.25, -0.2) is 0 Å². The van der Waals surface area contributed by atoms with Gasteiger partial charge in [0.05, 0.1) is 18.8 Å². The quantitative estimate of drug-likeness (QED) is 0.565. The Hall–Kier alpha value is -2.09. The van der Waals surface area contributed by atoms with Crippen LogP contribution in [0, 0.1) is 0 Å². The SMILES string of the molecule is CCc1cc(CNC(=NC)N2CCN(CC(=O)NC3CC3)CC2)on1. The monoisotopic (exact) mass is 348 g/mol. The Morgan fingerprint density at radius 2 is 2.12 bits per heavy atom. The van der Waals surface area contributed by atoms with Gasteiger partial charge < -0.3 is 20.1 Å². The molecule has 1 aromatic rings. The number of piperazine rings is 1. The van der Waals surface area contributed by atoms with Crippen LogP contribution < -0.4 is 10.6 Å². The van der Waals surface area contributed by atoms with Crippen molar-refractivity contribution < 1.29 is 9.32 Å². The normalized spacial score (nSPS) is 19.1. The van der Waals surface area contributed by atoms with Crippen LogP contribution in [0.2, 0.25) is 0 Å². The van der Waals surface area contributed by atoms with Crippen molar-refractivity contribution in [2.24, 2.45) is 4.99 Å². The first kappa shape index (κ1) is 17.7. The highest BCUT2D eigenvalue weighted by Gasteiger charge is 2.25. The van der Waals surface area contributed by atoms with Crippen molar-refractivity contribution >= 4 is 11.9 Å². The third-order valence-corrected chi connectivity index (χ3v) is 4.58. The second kappa shape index (κ2) is 8.33. The molecule has 1 aliphatic heterocycles. The fourth-order valence-electron chi connectivity index (χ4n) is 2.93. The smallest absolute Gasteiger partial charge is 0.234 e. The van der Waals surface area contributed by atoms with Crippen LogP contribution in [0.1, 0.15) is 31.2 Å². The molecule has 2 N–H and O–H groups in total. The highest BCUT2D eigenvalue weighted by atomic mass is 16.5. The Kier molecular flexibility index (Phi) is 5.91. The lowest BCUT2D eigenvalue weighted by Gasteiger charge is -2.36. The van der Waals surface area contributed by atoms with Crippen molar-refractivity contribution in [2.75, 3.05) is 39.8 Å². The lowest BCUT2D eigenvalue weighted by molar-refractivity contribution is -0.122. The molecule has 1 aliphatic carbocycles. The van der Waals surface area contributed by atoms with Crippen LogP contribution in [-0.2, 0) is 17.8 Å². The van der Waals surface area contributed by atoms with Gasteiger partial charge in [0.15, 0.2) is 11.7 Å². The third-order valence-electron chi connectivity index (χ3n) is 4.58. The summed E-state index contributed by atoms with van der Waals surface area (Å²) >= 11 is 0. The highest BCUT2D eigenvalue weighted by Crippen LogP contribution is 2.18. The molecule has 1 saturated heterocycles. The molecular weight excluding hydrogens is 320 g/mol. The zero-order chi connectivity index (χ0) is 17.6. The minimum Gasteiger partial charge on any atom is -0.359 e. The van der Waals surface area contributed by atoms with E-state index in [0.717, 1.165) is 62.9 Å². The van der Waals surface area contributed by atoms with E-state index in [1.165, 1.54) is 0 Å². The molecule has 138 valence electrons. The molecule has 25 heavy (non-hydrogen) atoms. The number of rotatable bonds is 6. The molecule has 3 rings (SSSR count). The summed E-state index contributed by atoms with van der Waals surface area (Å²) in [6, 6.07) is 2.40. The van der Waals surface area contributed by atoms with Gasteiger partial charge in [-0.15, -0.1) is 0 Å². The van der Waals surface area contributed by atoms with Crippen molar-refractivity contribution in [1.29, 1.82) is 0 Å². The average molecular weight is 348 g/mol. The maximum Gasteiger partial charge on any atom is 0.234 e. The zero-order valence-electron chi connectivity index (χ0n) is 15.1. The summed E-state index contributed by atoms with van der Waals surface area (Å²) in [5.41, 5.74) is 0.963. The van der Waals surface area contributed by atoms with Crippen molar-refractivity contribution in [2.45, 2.75) is 38.8 Å². The van der Waals surface area contributed by atoms with E-state index in [1.807, 2.05) is 6.07 Å². The number of nitrogens with zero attached hydrogens (tertiary/aromatic N) is 4. The molecule has 0 aromatic carbocycles. The number of hydrogen-bond acceptors (Lipinski definition) is 5. The summed E-state index contributed by atoms with van der Waals surface area (Å²) < 4.78 is 5.30. The van der Waals surface area contributed by atoms with Crippen LogP contribution >= 0.6 is 0 Å². The average Bonchev–Trinajstić information content (AvgIpc) is 3.31. The largest absolute Gasteiger partial charge is 0.359 e. The van der Waals surface area contributed by atoms with Gasteiger partial charge in [-0.3, -0.25) is 14.7 Å². The Bertz CT molecular complexity index is 602. The molecule has 2 fully saturated rings. The number of hydrogen-bond donors (Lipinski definition) is 2. The predicted molar refractivity (Wildman–Crippen MR) is 95.3 cm³/mol. The van der Waals surface area contributed by atoms with E-state index in [-0.39, 0.29) is 5.91 Å². The van der Waals surface area contributed by atoms with Crippen LogP contribution in [0.3, 0.4) is 0 Å². The number of carbonyl (C=O) groups excluding carboxylic acids is 1. The predicted octanol–water partition coefficient (Wildman–Crippen LogP) is 0.209. The van der Waals surface area contributed by atoms with Crippen LogP contribution in [0.4, 0.5) is 0 Å². The van der Waals surface area contributed by atoms with E-state index < -0.39 is 0 Å². The fraction of sp³-hybridized carbons (Fsp3) is 0.706. The number of amides is 1. The molecule has 2 heterocycles. The van der Waals surface area contributed by atoms with E-state index in [4.69, 9.17) is 4.52 Å². The second-order valence-electron chi connectivity index (χ2n) is 6.64. The number of aliphatic imine (C=N–C) groups is 1. The number of nitrogens with one attached hydrogen (secondary N) is 2. The molecular formula is C17H28N6O2. The molecule has 2 aliphatic rings. The number of carbonyl (C=O) groups is 1. The molecule has 8 heteroatoms. The highest BCUT2D eigenvalue weighted by molar-refractivity contribution is 5.80. The van der Waals surface area contributed by atoms with Gasteiger partial charge in [0.25, 0.3) is 0 Å². The fourth-order valence-corrected chi connectivity index (χ4v) is 2.93. The summed E-state index contributed by atoms with van der Waals surface area (Å²) in [4.78, 5) is 20.7. The van der Waals surface area contributed by atoms with Gasteiger partial charge in [-0.05, 0) is 19.3 Å². The summed E-state index contributed by atoms with van der Waals surface area (Å²) in [7, 11) is 1.79. The first-order valence-corrected chi connectivity index (χ1v) is 9.09. The van der Waals surface area contributed by atoms with Gasteiger partial charge in [0.2, 0.25) is 5.91 Å². The molecule has 0 bridgehead atoms. The van der Waals surface area contributed by atoms with E-state index in [2.05, 4.69) is 37.5 Å². The molecule has 0 radical (unpaired) electrons. The molecule has 8 nitrogen and oxygen atoms in total. The molecule has 1 amide bonds. The van der Waals surface area contributed by atoms with Gasteiger partial charge >= 0.3 is 0 Å². The standard InChI is InChI=1S/C17H28N6O2/c1-3-13-10-15(25-21-13)11-19-17(18-2)23-8-6-22(7-9-23)12-16(24)20-14-4-5-14/h10,14H,3-9,11-12H2,1-2H3,(H,18,19)(H,20,24). The van der Waals surface area contributed by atoms with E-state index in [1.54, 1.807) is 7.05 Å². The van der Waals surface area contributed by atoms with Crippen LogP contribution in [-0.4, -0.2) is 72.6 Å². The maximum atomic E-state index is 11.9. The Labute approximate surface area is 148 Å². The number of guanidine groups is 1. The first-order valence-electron chi connectivity index (χ1n) is 9.09. The minimum absolute atomic E-state index is 0.149. The van der Waals surface area contributed by atoms with Crippen molar-refractivity contribution in [1.82, 2.24) is 25.6 Å². The van der Waals surface area contributed by atoms with E-state index in [9.17, 15) is 4.79 Å². The number of aromatic nitrogens is 1. The van der Waals surface area contributed by atoms with E-state index >= 15 is 0 Å². The zero-order valence-corrected chi connectivity index (χ0v) is 15.1. The van der Waals surface area contributed by atoms with Crippen molar-refractivity contribution in [3.05, 3.63) is 17.5 Å². The second-order valence-corrected chi connectivity index (χ2v) is 6.64. The first-order chi connectivity index (χ1) is 12.2. The van der Waals surface area contributed by atoms with Gasteiger partial charge in [-0.2, -0.15) is 0 Å². The molecule has 0 spiro atoms. The molecule has 1 saturated carbocycles. The van der Waals surface area contributed by atoms with Crippen LogP contribution in [0.5, 0.6) is 0 Å². The van der Waals surface area contributed by atoms with Crippen LogP contribution in [0.15, 0.2) is 15.6 Å². The molecule has 0 unspecified atom stereocenters. The van der Waals surface area contributed by atoms with Gasteiger partial charge in [-0.1, -0.05) is 12.1 Å². The topological polar surface area (TPSA) is 86.0 Å². The Morgan fingerprint density at radius 1 is 1.36 bits per heavy atom. The summed E-state index contributed by atoms with van der Waals surface area (Å²) in [5, 5.41) is 10.4. The Morgan fingerprint density at radius 3 is 2.72 bits per heavy atom. The summed E-state index contributed by atoms with van der Waals surface area (Å²) in [6.45, 7) is 6.55. The molecule has 1 aromatic heterocycles. The summed E-state index contributed by atoms with van der Waals surface area (Å²) in [5.74, 6) is 1.82. The van der Waals surface area contributed by atoms with E-state index in [0.29, 0.717) is 19.1 Å².